The van der Waals surface area contributed by atoms with Gasteiger partial charge in [0, 0.05) is 6.92 Å². The van der Waals surface area contributed by atoms with Gasteiger partial charge >= 0.3 is 5.97 Å². The zero-order chi connectivity index (χ0) is 21.8. The number of esters is 1. The number of fused-ring (bicyclic) bond motifs is 5. The van der Waals surface area contributed by atoms with Crippen LogP contribution in [0.15, 0.2) is 0 Å². The normalized spacial score (nSPS) is 48.9. The monoisotopic (exact) mass is 464 g/mol. The summed E-state index contributed by atoms with van der Waals surface area (Å²) >= 11 is 4.53. The molecular weight excluding hydrogens is 420 g/mol. The molecule has 4 saturated carbocycles. The third-order valence-electron chi connectivity index (χ3n) is 10.9. The van der Waals surface area contributed by atoms with Gasteiger partial charge in [-0.3, -0.25) is 4.79 Å². The first-order chi connectivity index (χ1) is 14.8. The first-order valence-electron chi connectivity index (χ1n) is 13.2. The fourth-order valence-corrected chi connectivity index (χ4v) is 12.7. The lowest BCUT2D eigenvalue weighted by molar-refractivity contribution is -0.160. The second kappa shape index (κ2) is 8.75. The van der Waals surface area contributed by atoms with Crippen LogP contribution < -0.4 is 0 Å². The molecule has 0 radical (unpaired) electrons. The Morgan fingerprint density at radius 3 is 2.39 bits per heavy atom. The molecule has 31 heavy (non-hydrogen) atoms. The smallest absolute Gasteiger partial charge is 0.302 e. The third-order valence-corrected chi connectivity index (χ3v) is 14.3. The minimum Gasteiger partial charge on any atom is -0.463 e. The predicted octanol–water partition coefficient (Wildman–Crippen LogP) is 7.41. The molecule has 9 atom stereocenters. The summed E-state index contributed by atoms with van der Waals surface area (Å²) in [5.41, 5.74) is 1.07. The molecule has 0 aromatic carbocycles. The largest absolute Gasteiger partial charge is 0.463 e. The Morgan fingerprint density at radius 2 is 1.65 bits per heavy atom. The number of carbonyl (C=O) groups is 1. The second-order valence-electron chi connectivity index (χ2n) is 12.2. The van der Waals surface area contributed by atoms with Gasteiger partial charge in [0.05, 0.1) is 4.58 Å². The van der Waals surface area contributed by atoms with Crippen LogP contribution in [0.25, 0.3) is 0 Å². The summed E-state index contributed by atoms with van der Waals surface area (Å²) in [4.78, 5) is 11.5. The van der Waals surface area contributed by atoms with Crippen LogP contribution in [0.3, 0.4) is 0 Å². The van der Waals surface area contributed by atoms with E-state index in [9.17, 15) is 4.79 Å². The zero-order valence-electron chi connectivity index (χ0n) is 20.2. The van der Waals surface area contributed by atoms with Crippen molar-refractivity contribution >= 4 is 29.5 Å². The Kier molecular flexibility index (Phi) is 6.47. The van der Waals surface area contributed by atoms with Crippen molar-refractivity contribution < 1.29 is 9.53 Å². The van der Waals surface area contributed by atoms with Crippen LogP contribution in [-0.2, 0) is 9.53 Å². The SMILES string of the molecule is CC(=O)O[C@H]1CC[C@@]2(C)[C@@H](CC[C@@H]3[C@@H]2CC[C@]2(C)[C@@H]([C@@H](C)C4SCCCS4)CC[C@@H]32)C1. The highest BCUT2D eigenvalue weighted by Crippen LogP contribution is 2.69. The van der Waals surface area contributed by atoms with Gasteiger partial charge in [0.15, 0.2) is 0 Å². The van der Waals surface area contributed by atoms with Crippen molar-refractivity contribution in [3.63, 3.8) is 0 Å². The molecule has 176 valence electrons. The minimum atomic E-state index is -0.0869. The number of hydrogen-bond acceptors (Lipinski definition) is 4. The summed E-state index contributed by atoms with van der Waals surface area (Å²) in [6, 6.07) is 0. The molecule has 5 rings (SSSR count). The van der Waals surface area contributed by atoms with Crippen LogP contribution in [0, 0.1) is 46.3 Å². The maximum atomic E-state index is 11.5. The van der Waals surface area contributed by atoms with E-state index in [0.717, 1.165) is 52.9 Å². The number of hydrogen-bond donors (Lipinski definition) is 0. The van der Waals surface area contributed by atoms with Crippen LogP contribution in [0.5, 0.6) is 0 Å². The van der Waals surface area contributed by atoms with E-state index in [2.05, 4.69) is 44.3 Å². The molecule has 1 aliphatic heterocycles. The highest BCUT2D eigenvalue weighted by Gasteiger charge is 2.61. The van der Waals surface area contributed by atoms with Crippen molar-refractivity contribution in [3.8, 4) is 0 Å². The first-order valence-corrected chi connectivity index (χ1v) is 15.3. The molecule has 0 aromatic rings. The van der Waals surface area contributed by atoms with E-state index in [1.807, 2.05) is 0 Å². The van der Waals surface area contributed by atoms with E-state index in [1.165, 1.54) is 62.9 Å². The topological polar surface area (TPSA) is 26.3 Å². The average Bonchev–Trinajstić information content (AvgIpc) is 3.11. The fraction of sp³-hybridized carbons (Fsp3) is 0.963. The van der Waals surface area contributed by atoms with Gasteiger partial charge in [0.25, 0.3) is 0 Å². The average molecular weight is 465 g/mol. The quantitative estimate of drug-likeness (QED) is 0.406. The van der Waals surface area contributed by atoms with Gasteiger partial charge < -0.3 is 4.74 Å². The molecule has 0 unspecified atom stereocenters. The molecule has 0 bridgehead atoms. The summed E-state index contributed by atoms with van der Waals surface area (Å²) in [6.07, 6.45) is 13.8. The van der Waals surface area contributed by atoms with Crippen LogP contribution >= 0.6 is 23.5 Å². The van der Waals surface area contributed by atoms with Crippen molar-refractivity contribution in [2.45, 2.75) is 103 Å². The van der Waals surface area contributed by atoms with Crippen molar-refractivity contribution in [1.82, 2.24) is 0 Å². The van der Waals surface area contributed by atoms with Crippen molar-refractivity contribution in [3.05, 3.63) is 0 Å². The van der Waals surface area contributed by atoms with Gasteiger partial charge in [-0.15, -0.1) is 23.5 Å². The van der Waals surface area contributed by atoms with Crippen LogP contribution in [0.1, 0.15) is 91.9 Å². The van der Waals surface area contributed by atoms with Gasteiger partial charge in [-0.05, 0) is 122 Å². The Hall–Kier alpha value is 0.170. The van der Waals surface area contributed by atoms with E-state index in [-0.39, 0.29) is 12.1 Å². The molecule has 5 fully saturated rings. The minimum absolute atomic E-state index is 0.0869. The number of thioether (sulfide) groups is 2. The number of carbonyl (C=O) groups excluding carboxylic acids is 1. The third kappa shape index (κ3) is 3.92. The molecular formula is C27H44O2S2. The van der Waals surface area contributed by atoms with Crippen molar-refractivity contribution in [2.75, 3.05) is 11.5 Å². The summed E-state index contributed by atoms with van der Waals surface area (Å²) in [5, 5.41) is 0. The van der Waals surface area contributed by atoms with Crippen LogP contribution in [0.4, 0.5) is 0 Å². The van der Waals surface area contributed by atoms with Crippen molar-refractivity contribution in [1.29, 1.82) is 0 Å². The lowest BCUT2D eigenvalue weighted by Gasteiger charge is -2.61. The van der Waals surface area contributed by atoms with Gasteiger partial charge in [-0.1, -0.05) is 20.8 Å². The molecule has 0 spiro atoms. The molecule has 4 heteroatoms. The summed E-state index contributed by atoms with van der Waals surface area (Å²) in [6.45, 7) is 9.53. The molecule has 4 aliphatic carbocycles. The van der Waals surface area contributed by atoms with Gasteiger partial charge in [-0.2, -0.15) is 0 Å². The lowest BCUT2D eigenvalue weighted by Crippen LogP contribution is -2.54. The Bertz CT molecular complexity index is 676. The lowest BCUT2D eigenvalue weighted by atomic mass is 9.44. The Balaban J connectivity index is 1.31. The fourth-order valence-electron chi connectivity index (χ4n) is 9.46. The molecule has 1 heterocycles. The molecule has 1 saturated heterocycles. The molecule has 5 aliphatic rings. The van der Waals surface area contributed by atoms with Crippen LogP contribution in [-0.4, -0.2) is 28.2 Å². The van der Waals surface area contributed by atoms with E-state index in [1.54, 1.807) is 6.92 Å². The summed E-state index contributed by atoms with van der Waals surface area (Å²) in [5.74, 6) is 8.07. The Morgan fingerprint density at radius 1 is 0.935 bits per heavy atom. The Labute approximate surface area is 199 Å². The van der Waals surface area contributed by atoms with Crippen LogP contribution in [0.2, 0.25) is 0 Å². The van der Waals surface area contributed by atoms with Crippen molar-refractivity contribution in [2.24, 2.45) is 46.3 Å². The molecule has 0 amide bonds. The standard InChI is InChI=1S/C27H44O2S2/c1-17(25-30-14-5-15-31-25)22-8-9-23-21-7-6-19-16-20(29-18(2)28)10-12-26(19,3)24(21)11-13-27(22,23)4/h17,19-25H,5-16H2,1-4H3/t17-,19+,20+,21+,22-,23+,24+,26+,27-/m1/s1. The number of rotatable bonds is 3. The van der Waals surface area contributed by atoms with E-state index < -0.39 is 0 Å². The molecule has 2 nitrogen and oxygen atoms in total. The highest BCUT2D eigenvalue weighted by atomic mass is 32.2. The number of ether oxygens (including phenoxy) is 1. The zero-order valence-corrected chi connectivity index (χ0v) is 21.9. The maximum Gasteiger partial charge on any atom is 0.302 e. The summed E-state index contributed by atoms with van der Waals surface area (Å²) in [7, 11) is 0. The molecule has 0 N–H and O–H groups in total. The van der Waals surface area contributed by atoms with E-state index in [0.29, 0.717) is 10.8 Å². The maximum absolute atomic E-state index is 11.5. The van der Waals surface area contributed by atoms with Gasteiger partial charge in [0.2, 0.25) is 0 Å². The summed E-state index contributed by atoms with van der Waals surface area (Å²) < 4.78 is 6.51. The van der Waals surface area contributed by atoms with E-state index in [4.69, 9.17) is 4.74 Å². The predicted molar refractivity (Wildman–Crippen MR) is 133 cm³/mol. The van der Waals surface area contributed by atoms with Gasteiger partial charge in [0.1, 0.15) is 6.10 Å². The second-order valence-corrected chi connectivity index (χ2v) is 15.0. The first kappa shape index (κ1) is 22.9. The van der Waals surface area contributed by atoms with E-state index >= 15 is 0 Å². The highest BCUT2D eigenvalue weighted by molar-refractivity contribution is 8.17. The molecule has 0 aromatic heterocycles. The van der Waals surface area contributed by atoms with Gasteiger partial charge in [-0.25, -0.2) is 0 Å².